The van der Waals surface area contributed by atoms with Crippen LogP contribution in [-0.2, 0) is 14.4 Å². The maximum absolute atomic E-state index is 11.7. The van der Waals surface area contributed by atoms with Gasteiger partial charge in [0.2, 0.25) is 0 Å². The molecule has 0 aliphatic carbocycles. The fourth-order valence-corrected chi connectivity index (χ4v) is 1.78. The molecule has 0 radical (unpaired) electrons. The molecule has 1 aromatic carbocycles. The summed E-state index contributed by atoms with van der Waals surface area (Å²) in [5.74, 6) is 0.714. The SMILES string of the molecule is COc1ccc(C=NOCC(=O)N2CCOCC2)cc1. The Morgan fingerprint density at radius 1 is 1.35 bits per heavy atom. The molecule has 0 bridgehead atoms. The number of ether oxygens (including phenoxy) is 2. The number of methoxy groups -OCH3 is 1. The first-order chi connectivity index (χ1) is 9.79. The van der Waals surface area contributed by atoms with Crippen LogP contribution in [0, 0.1) is 0 Å². The summed E-state index contributed by atoms with van der Waals surface area (Å²) in [6, 6.07) is 7.38. The Morgan fingerprint density at radius 2 is 2.05 bits per heavy atom. The molecule has 0 atom stereocenters. The van der Waals surface area contributed by atoms with Crippen LogP contribution in [0.2, 0.25) is 0 Å². The zero-order valence-corrected chi connectivity index (χ0v) is 11.4. The van der Waals surface area contributed by atoms with E-state index in [1.165, 1.54) is 0 Å². The molecule has 20 heavy (non-hydrogen) atoms. The van der Waals surface area contributed by atoms with Crippen LogP contribution in [0.3, 0.4) is 0 Å². The second kappa shape index (κ2) is 7.49. The van der Waals surface area contributed by atoms with Gasteiger partial charge in [-0.15, -0.1) is 0 Å². The van der Waals surface area contributed by atoms with Crippen molar-refractivity contribution in [3.8, 4) is 5.75 Å². The second-order valence-corrected chi connectivity index (χ2v) is 4.27. The van der Waals surface area contributed by atoms with E-state index in [2.05, 4.69) is 5.16 Å². The molecular formula is C14H18N2O4. The van der Waals surface area contributed by atoms with E-state index in [1.807, 2.05) is 24.3 Å². The van der Waals surface area contributed by atoms with Crippen LogP contribution >= 0.6 is 0 Å². The standard InChI is InChI=1S/C14H18N2O4/c1-18-13-4-2-12(3-5-13)10-15-20-11-14(17)16-6-8-19-9-7-16/h2-5,10H,6-9,11H2,1H3. The van der Waals surface area contributed by atoms with Crippen molar-refractivity contribution in [2.75, 3.05) is 40.0 Å². The molecule has 108 valence electrons. The molecule has 6 heteroatoms. The topological polar surface area (TPSA) is 60.4 Å². The number of oxime groups is 1. The van der Waals surface area contributed by atoms with Crippen molar-refractivity contribution in [2.45, 2.75) is 0 Å². The van der Waals surface area contributed by atoms with Crippen LogP contribution in [0.25, 0.3) is 0 Å². The van der Waals surface area contributed by atoms with Gasteiger partial charge in [0.25, 0.3) is 5.91 Å². The van der Waals surface area contributed by atoms with Gasteiger partial charge in [0.15, 0.2) is 6.61 Å². The van der Waals surface area contributed by atoms with E-state index >= 15 is 0 Å². The van der Waals surface area contributed by atoms with Gasteiger partial charge in [0.05, 0.1) is 26.5 Å². The number of carbonyl (C=O) groups is 1. The van der Waals surface area contributed by atoms with E-state index in [4.69, 9.17) is 14.3 Å². The summed E-state index contributed by atoms with van der Waals surface area (Å²) >= 11 is 0. The van der Waals surface area contributed by atoms with Crippen LogP contribution in [0.4, 0.5) is 0 Å². The van der Waals surface area contributed by atoms with Crippen molar-refractivity contribution >= 4 is 12.1 Å². The molecule has 2 rings (SSSR count). The smallest absolute Gasteiger partial charge is 0.263 e. The zero-order chi connectivity index (χ0) is 14.2. The number of benzene rings is 1. The Balaban J connectivity index is 1.73. The molecule has 6 nitrogen and oxygen atoms in total. The number of morpholine rings is 1. The predicted molar refractivity (Wildman–Crippen MR) is 73.9 cm³/mol. The summed E-state index contributed by atoms with van der Waals surface area (Å²) in [5.41, 5.74) is 0.879. The lowest BCUT2D eigenvalue weighted by molar-refractivity contribution is -0.140. The molecule has 0 saturated carbocycles. The lowest BCUT2D eigenvalue weighted by Gasteiger charge is -2.26. The third kappa shape index (κ3) is 4.24. The lowest BCUT2D eigenvalue weighted by Crippen LogP contribution is -2.42. The van der Waals surface area contributed by atoms with Crippen molar-refractivity contribution in [2.24, 2.45) is 5.16 Å². The minimum absolute atomic E-state index is 0.0490. The fraction of sp³-hybridized carbons (Fsp3) is 0.429. The monoisotopic (exact) mass is 278 g/mol. The first kappa shape index (κ1) is 14.3. The van der Waals surface area contributed by atoms with E-state index < -0.39 is 0 Å². The molecule has 1 aromatic rings. The highest BCUT2D eigenvalue weighted by molar-refractivity contribution is 5.80. The highest BCUT2D eigenvalue weighted by atomic mass is 16.6. The van der Waals surface area contributed by atoms with Crippen molar-refractivity contribution in [1.82, 2.24) is 4.90 Å². The van der Waals surface area contributed by atoms with Gasteiger partial charge in [-0.25, -0.2) is 0 Å². The molecule has 1 saturated heterocycles. The molecule has 0 spiro atoms. The maximum atomic E-state index is 11.7. The number of nitrogens with zero attached hydrogens (tertiary/aromatic N) is 2. The molecule has 1 fully saturated rings. The van der Waals surface area contributed by atoms with Crippen LogP contribution in [-0.4, -0.2) is 57.0 Å². The summed E-state index contributed by atoms with van der Waals surface area (Å²) < 4.78 is 10.2. The average Bonchev–Trinajstić information content (AvgIpc) is 2.53. The zero-order valence-electron chi connectivity index (χ0n) is 11.4. The number of amides is 1. The van der Waals surface area contributed by atoms with E-state index in [9.17, 15) is 4.79 Å². The first-order valence-electron chi connectivity index (χ1n) is 6.44. The van der Waals surface area contributed by atoms with E-state index in [0.717, 1.165) is 11.3 Å². The quantitative estimate of drug-likeness (QED) is 0.593. The Labute approximate surface area is 117 Å². The molecule has 1 aliphatic heterocycles. The highest BCUT2D eigenvalue weighted by Crippen LogP contribution is 2.09. The number of carbonyl (C=O) groups excluding carboxylic acids is 1. The van der Waals surface area contributed by atoms with Crippen LogP contribution in [0.1, 0.15) is 5.56 Å². The Hall–Kier alpha value is -2.08. The Bertz CT molecular complexity index is 453. The second-order valence-electron chi connectivity index (χ2n) is 4.27. The molecule has 1 aliphatic rings. The fourth-order valence-electron chi connectivity index (χ4n) is 1.78. The molecular weight excluding hydrogens is 260 g/mol. The van der Waals surface area contributed by atoms with E-state index in [1.54, 1.807) is 18.2 Å². The minimum Gasteiger partial charge on any atom is -0.497 e. The van der Waals surface area contributed by atoms with Gasteiger partial charge in [-0.2, -0.15) is 0 Å². The van der Waals surface area contributed by atoms with Crippen LogP contribution in [0.15, 0.2) is 29.4 Å². The van der Waals surface area contributed by atoms with Gasteiger partial charge >= 0.3 is 0 Å². The van der Waals surface area contributed by atoms with Crippen molar-refractivity contribution in [1.29, 1.82) is 0 Å². The van der Waals surface area contributed by atoms with Crippen LogP contribution in [0.5, 0.6) is 5.75 Å². The number of rotatable bonds is 5. The summed E-state index contributed by atoms with van der Waals surface area (Å²) in [4.78, 5) is 18.5. The van der Waals surface area contributed by atoms with Gasteiger partial charge in [0.1, 0.15) is 5.75 Å². The largest absolute Gasteiger partial charge is 0.497 e. The van der Waals surface area contributed by atoms with Gasteiger partial charge in [-0.1, -0.05) is 5.16 Å². The first-order valence-corrected chi connectivity index (χ1v) is 6.44. The van der Waals surface area contributed by atoms with Gasteiger partial charge in [-0.3, -0.25) is 4.79 Å². The Kier molecular flexibility index (Phi) is 5.37. The molecule has 0 unspecified atom stereocenters. The average molecular weight is 278 g/mol. The summed E-state index contributed by atoms with van der Waals surface area (Å²) in [7, 11) is 1.61. The number of hydrogen-bond acceptors (Lipinski definition) is 5. The predicted octanol–water partition coefficient (Wildman–Crippen LogP) is 0.904. The van der Waals surface area contributed by atoms with Crippen molar-refractivity contribution < 1.29 is 19.1 Å². The Morgan fingerprint density at radius 3 is 2.70 bits per heavy atom. The molecule has 0 N–H and O–H groups in total. The van der Waals surface area contributed by atoms with Crippen molar-refractivity contribution in [3.05, 3.63) is 29.8 Å². The third-order valence-electron chi connectivity index (χ3n) is 2.94. The molecule has 1 heterocycles. The summed E-state index contributed by atoms with van der Waals surface area (Å²) in [6.07, 6.45) is 1.56. The van der Waals surface area contributed by atoms with E-state index in [-0.39, 0.29) is 12.5 Å². The van der Waals surface area contributed by atoms with Crippen molar-refractivity contribution in [3.63, 3.8) is 0 Å². The van der Waals surface area contributed by atoms with E-state index in [0.29, 0.717) is 26.3 Å². The third-order valence-corrected chi connectivity index (χ3v) is 2.94. The number of hydrogen-bond donors (Lipinski definition) is 0. The maximum Gasteiger partial charge on any atom is 0.263 e. The van der Waals surface area contributed by atoms with Gasteiger partial charge < -0.3 is 19.2 Å². The van der Waals surface area contributed by atoms with Gasteiger partial charge in [0, 0.05) is 13.1 Å². The highest BCUT2D eigenvalue weighted by Gasteiger charge is 2.16. The summed E-state index contributed by atoms with van der Waals surface area (Å²) in [6.45, 7) is 2.35. The minimum atomic E-state index is -0.0693. The summed E-state index contributed by atoms with van der Waals surface area (Å²) in [5, 5.41) is 3.79. The van der Waals surface area contributed by atoms with Crippen LogP contribution < -0.4 is 4.74 Å². The molecule has 0 aromatic heterocycles. The normalized spacial score (nSPS) is 15.3. The molecule has 1 amide bonds. The van der Waals surface area contributed by atoms with Gasteiger partial charge in [-0.05, 0) is 29.8 Å². The lowest BCUT2D eigenvalue weighted by atomic mass is 10.2.